The highest BCUT2D eigenvalue weighted by atomic mass is 16.1. The highest BCUT2D eigenvalue weighted by molar-refractivity contribution is 6.00. The molecule has 1 aliphatic carbocycles. The van der Waals surface area contributed by atoms with Crippen molar-refractivity contribution in [2.45, 2.75) is 40.0 Å². The van der Waals surface area contributed by atoms with Crippen LogP contribution in [0.4, 0.5) is 0 Å². The third-order valence-electron chi connectivity index (χ3n) is 3.90. The first-order chi connectivity index (χ1) is 9.52. The van der Waals surface area contributed by atoms with E-state index in [1.165, 1.54) is 0 Å². The first kappa shape index (κ1) is 13.0. The molecule has 1 aliphatic rings. The van der Waals surface area contributed by atoms with Gasteiger partial charge in [-0.2, -0.15) is 0 Å². The maximum Gasteiger partial charge on any atom is 0.233 e. The Kier molecular flexibility index (Phi) is 2.96. The van der Waals surface area contributed by atoms with E-state index in [-0.39, 0.29) is 11.2 Å². The number of aromatic nitrogens is 3. The van der Waals surface area contributed by atoms with Crippen LogP contribution < -0.4 is 0 Å². The number of hydrogen-bond acceptors (Lipinski definition) is 3. The lowest BCUT2D eigenvalue weighted by molar-refractivity contribution is 0.0910. The second-order valence-electron chi connectivity index (χ2n) is 6.19. The highest BCUT2D eigenvalue weighted by Gasteiger charge is 2.35. The van der Waals surface area contributed by atoms with E-state index in [2.05, 4.69) is 30.7 Å². The van der Waals surface area contributed by atoms with Gasteiger partial charge in [-0.25, -0.2) is 9.97 Å². The molecule has 2 aromatic rings. The van der Waals surface area contributed by atoms with Gasteiger partial charge in [-0.05, 0) is 29.9 Å². The van der Waals surface area contributed by atoms with E-state index in [4.69, 9.17) is 0 Å². The predicted octanol–water partition coefficient (Wildman–Crippen LogP) is 2.98. The van der Waals surface area contributed by atoms with E-state index >= 15 is 0 Å². The summed E-state index contributed by atoms with van der Waals surface area (Å²) in [6.45, 7) is 6.37. The van der Waals surface area contributed by atoms with Crippen LogP contribution in [0, 0.1) is 5.41 Å². The smallest absolute Gasteiger partial charge is 0.233 e. The van der Waals surface area contributed by atoms with Crippen LogP contribution in [-0.4, -0.2) is 20.3 Å². The molecule has 0 N–H and O–H groups in total. The molecule has 0 unspecified atom stereocenters. The zero-order valence-electron chi connectivity index (χ0n) is 12.2. The minimum absolute atomic E-state index is 0.0000214. The van der Waals surface area contributed by atoms with Crippen molar-refractivity contribution in [1.82, 2.24) is 14.5 Å². The monoisotopic (exact) mass is 269 g/mol. The van der Waals surface area contributed by atoms with E-state index < -0.39 is 0 Å². The molecule has 104 valence electrons. The molecule has 4 heteroatoms. The van der Waals surface area contributed by atoms with Gasteiger partial charge >= 0.3 is 0 Å². The van der Waals surface area contributed by atoms with Crippen LogP contribution in [0.3, 0.4) is 0 Å². The fourth-order valence-electron chi connectivity index (χ4n) is 3.02. The molecule has 0 radical (unpaired) electrons. The molecule has 2 aromatic heterocycles. The Morgan fingerprint density at radius 3 is 2.60 bits per heavy atom. The number of hydrogen-bond donors (Lipinski definition) is 0. The van der Waals surface area contributed by atoms with Gasteiger partial charge in [0.25, 0.3) is 0 Å². The van der Waals surface area contributed by atoms with E-state index in [0.29, 0.717) is 12.4 Å². The van der Waals surface area contributed by atoms with E-state index in [1.54, 1.807) is 18.5 Å². The lowest BCUT2D eigenvalue weighted by Crippen LogP contribution is -2.28. The van der Waals surface area contributed by atoms with Gasteiger partial charge in [0.05, 0.1) is 0 Å². The van der Waals surface area contributed by atoms with Gasteiger partial charge in [-0.1, -0.05) is 20.8 Å². The van der Waals surface area contributed by atoms with Gasteiger partial charge in [0.1, 0.15) is 0 Å². The summed E-state index contributed by atoms with van der Waals surface area (Å²) in [5, 5.41) is 0. The summed E-state index contributed by atoms with van der Waals surface area (Å²) in [6, 6.07) is 1.80. The molecule has 0 spiro atoms. The fourth-order valence-corrected chi connectivity index (χ4v) is 3.02. The highest BCUT2D eigenvalue weighted by Crippen LogP contribution is 2.37. The van der Waals surface area contributed by atoms with Crippen LogP contribution in [0.5, 0.6) is 0 Å². The average molecular weight is 269 g/mol. The molecule has 0 fully saturated rings. The number of Topliss-reactive ketones (excluding diaryl/α,β-unsaturated/α-hetero) is 1. The van der Waals surface area contributed by atoms with Crippen molar-refractivity contribution in [3.63, 3.8) is 0 Å². The van der Waals surface area contributed by atoms with Gasteiger partial charge in [0.2, 0.25) is 5.95 Å². The van der Waals surface area contributed by atoms with Crippen LogP contribution >= 0.6 is 0 Å². The second-order valence-corrected chi connectivity index (χ2v) is 6.19. The van der Waals surface area contributed by atoms with Crippen molar-refractivity contribution in [2.24, 2.45) is 5.41 Å². The van der Waals surface area contributed by atoms with Gasteiger partial charge in [-0.15, -0.1) is 0 Å². The summed E-state index contributed by atoms with van der Waals surface area (Å²) < 4.78 is 1.99. The van der Waals surface area contributed by atoms with Gasteiger partial charge in [-0.3, -0.25) is 9.36 Å². The molecule has 3 rings (SSSR count). The summed E-state index contributed by atoms with van der Waals surface area (Å²) in [7, 11) is 0. The first-order valence-electron chi connectivity index (χ1n) is 7.05. The summed E-state index contributed by atoms with van der Waals surface area (Å²) in [5.41, 5.74) is 3.07. The topological polar surface area (TPSA) is 47.8 Å². The summed E-state index contributed by atoms with van der Waals surface area (Å²) >= 11 is 0. The molecule has 0 amide bonds. The lowest BCUT2D eigenvalue weighted by atomic mass is 9.75. The standard InChI is InChI=1S/C16H19N3O/c1-4-11-10-19(15-17-6-5-7-18-15)12-8-16(2,3)9-13(20)14(11)12/h5-7,10H,4,8-9H2,1-3H3. The average Bonchev–Trinajstić information content (AvgIpc) is 2.77. The summed E-state index contributed by atoms with van der Waals surface area (Å²) in [6.07, 6.45) is 7.85. The summed E-state index contributed by atoms with van der Waals surface area (Å²) in [4.78, 5) is 21.1. The molecule has 0 aromatic carbocycles. The number of fused-ring (bicyclic) bond motifs is 1. The number of nitrogens with zero attached hydrogens (tertiary/aromatic N) is 3. The lowest BCUT2D eigenvalue weighted by Gasteiger charge is -2.29. The second kappa shape index (κ2) is 4.54. The van der Waals surface area contributed by atoms with E-state index in [1.807, 2.05) is 10.8 Å². The molecule has 0 saturated carbocycles. The van der Waals surface area contributed by atoms with Crippen LogP contribution in [-0.2, 0) is 12.8 Å². The first-order valence-corrected chi connectivity index (χ1v) is 7.05. The van der Waals surface area contributed by atoms with Crippen LogP contribution in [0.25, 0.3) is 5.95 Å². The Hall–Kier alpha value is -1.97. The molecule has 0 aliphatic heterocycles. The molecule has 4 nitrogen and oxygen atoms in total. The fraction of sp³-hybridized carbons (Fsp3) is 0.438. The Bertz CT molecular complexity index is 656. The summed E-state index contributed by atoms with van der Waals surface area (Å²) in [5.74, 6) is 0.900. The zero-order chi connectivity index (χ0) is 14.3. The largest absolute Gasteiger partial charge is 0.294 e. The van der Waals surface area contributed by atoms with Gasteiger partial charge in [0.15, 0.2) is 5.78 Å². The number of aryl methyl sites for hydroxylation is 1. The van der Waals surface area contributed by atoms with Crippen molar-refractivity contribution in [3.05, 3.63) is 41.5 Å². The Morgan fingerprint density at radius 2 is 1.95 bits per heavy atom. The number of carbonyl (C=O) groups is 1. The molecule has 20 heavy (non-hydrogen) atoms. The number of ketones is 1. The maximum atomic E-state index is 12.5. The van der Waals surface area contributed by atoms with Crippen LogP contribution in [0.1, 0.15) is 48.8 Å². The minimum Gasteiger partial charge on any atom is -0.294 e. The third-order valence-corrected chi connectivity index (χ3v) is 3.90. The molecular weight excluding hydrogens is 250 g/mol. The van der Waals surface area contributed by atoms with E-state index in [9.17, 15) is 4.79 Å². The maximum absolute atomic E-state index is 12.5. The molecule has 0 bridgehead atoms. The third kappa shape index (κ3) is 2.05. The Morgan fingerprint density at radius 1 is 1.25 bits per heavy atom. The number of rotatable bonds is 2. The van der Waals surface area contributed by atoms with Crippen molar-refractivity contribution in [3.8, 4) is 5.95 Å². The SMILES string of the molecule is CCc1cn(-c2ncccn2)c2c1C(=O)CC(C)(C)C2. The Labute approximate surface area is 118 Å². The predicted molar refractivity (Wildman–Crippen MR) is 77.2 cm³/mol. The van der Waals surface area contributed by atoms with Crippen LogP contribution in [0.2, 0.25) is 0 Å². The zero-order valence-corrected chi connectivity index (χ0v) is 12.2. The molecular formula is C16H19N3O. The van der Waals surface area contributed by atoms with Crippen molar-refractivity contribution in [1.29, 1.82) is 0 Å². The van der Waals surface area contributed by atoms with E-state index in [0.717, 1.165) is 29.7 Å². The molecule has 2 heterocycles. The van der Waals surface area contributed by atoms with Crippen LogP contribution in [0.15, 0.2) is 24.7 Å². The molecule has 0 saturated heterocycles. The van der Waals surface area contributed by atoms with Crippen molar-refractivity contribution in [2.75, 3.05) is 0 Å². The van der Waals surface area contributed by atoms with Crippen molar-refractivity contribution >= 4 is 5.78 Å². The van der Waals surface area contributed by atoms with Gasteiger partial charge in [0, 0.05) is 36.3 Å². The van der Waals surface area contributed by atoms with Gasteiger partial charge < -0.3 is 0 Å². The van der Waals surface area contributed by atoms with Crippen molar-refractivity contribution < 1.29 is 4.79 Å². The number of carbonyl (C=O) groups excluding carboxylic acids is 1. The quantitative estimate of drug-likeness (QED) is 0.842. The Balaban J connectivity index is 2.21. The normalized spacial score (nSPS) is 17.1. The minimum atomic E-state index is -0.0000214. The molecule has 0 atom stereocenters.